The molecule has 40 heavy (non-hydrogen) atoms. The van der Waals surface area contributed by atoms with Gasteiger partial charge in [-0.15, -0.1) is 11.3 Å². The van der Waals surface area contributed by atoms with Gasteiger partial charge in [-0.3, -0.25) is 9.69 Å². The predicted molar refractivity (Wildman–Crippen MR) is 156 cm³/mol. The number of nitrogens with zero attached hydrogens (tertiary/aromatic N) is 2. The van der Waals surface area contributed by atoms with Crippen molar-refractivity contribution in [3.05, 3.63) is 81.7 Å². The summed E-state index contributed by atoms with van der Waals surface area (Å²) in [6, 6.07) is 16.2. The number of piperidine rings is 1. The van der Waals surface area contributed by atoms with Crippen molar-refractivity contribution in [2.24, 2.45) is 11.8 Å². The second-order valence-corrected chi connectivity index (χ2v) is 13.9. The number of ether oxygens (including phenoxy) is 1. The van der Waals surface area contributed by atoms with Gasteiger partial charge in [-0.2, -0.15) is 4.31 Å². The van der Waals surface area contributed by atoms with Crippen molar-refractivity contribution in [1.29, 1.82) is 0 Å². The third-order valence-corrected chi connectivity index (χ3v) is 10.6. The predicted octanol–water partition coefficient (Wildman–Crippen LogP) is 5.01. The zero-order valence-corrected chi connectivity index (χ0v) is 24.7. The summed E-state index contributed by atoms with van der Waals surface area (Å²) in [5.74, 6) is -0.283. The molecule has 2 aliphatic rings. The number of benzene rings is 2. The first-order chi connectivity index (χ1) is 19.2. The van der Waals surface area contributed by atoms with Crippen molar-refractivity contribution in [3.63, 3.8) is 0 Å². The summed E-state index contributed by atoms with van der Waals surface area (Å²) in [6.07, 6.45) is 1.69. The zero-order chi connectivity index (χ0) is 28.4. The molecule has 3 aromatic rings. The number of fused-ring (bicyclic) bond motifs is 1. The average Bonchev–Trinajstić information content (AvgIpc) is 3.29. The van der Waals surface area contributed by atoms with Crippen LogP contribution in [0.25, 0.3) is 0 Å². The highest BCUT2D eigenvalue weighted by Crippen LogP contribution is 2.38. The molecule has 0 saturated carbocycles. The number of sulfonamides is 1. The number of esters is 1. The fourth-order valence-electron chi connectivity index (χ4n) is 5.74. The van der Waals surface area contributed by atoms with Crippen molar-refractivity contribution in [2.45, 2.75) is 44.7 Å². The molecule has 10 heteroatoms. The quantitative estimate of drug-likeness (QED) is 0.394. The van der Waals surface area contributed by atoms with E-state index in [2.05, 4.69) is 36.2 Å². The van der Waals surface area contributed by atoms with E-state index >= 15 is 0 Å². The van der Waals surface area contributed by atoms with Crippen molar-refractivity contribution < 1.29 is 22.7 Å². The van der Waals surface area contributed by atoms with Crippen LogP contribution in [0.15, 0.2) is 59.5 Å². The number of rotatable bonds is 7. The summed E-state index contributed by atoms with van der Waals surface area (Å²) >= 11 is 1.39. The van der Waals surface area contributed by atoms with Gasteiger partial charge in [0.25, 0.3) is 5.91 Å². The van der Waals surface area contributed by atoms with Crippen LogP contribution in [0.3, 0.4) is 0 Å². The van der Waals surface area contributed by atoms with Gasteiger partial charge in [0.1, 0.15) is 5.00 Å². The summed E-state index contributed by atoms with van der Waals surface area (Å²) in [7, 11) is -2.30. The van der Waals surface area contributed by atoms with Crippen LogP contribution >= 0.6 is 11.3 Å². The lowest BCUT2D eigenvalue weighted by atomic mass is 9.94. The first kappa shape index (κ1) is 28.5. The van der Waals surface area contributed by atoms with Crippen molar-refractivity contribution in [3.8, 4) is 0 Å². The van der Waals surface area contributed by atoms with Gasteiger partial charge in [0.15, 0.2) is 0 Å². The Morgan fingerprint density at radius 2 is 1.70 bits per heavy atom. The summed E-state index contributed by atoms with van der Waals surface area (Å²) in [6.45, 7) is 7.40. The molecule has 1 amide bonds. The number of thiophene rings is 1. The van der Waals surface area contributed by atoms with E-state index in [-0.39, 0.29) is 4.90 Å². The Morgan fingerprint density at radius 3 is 2.35 bits per heavy atom. The molecule has 2 atom stereocenters. The Balaban J connectivity index is 1.33. The van der Waals surface area contributed by atoms with Gasteiger partial charge >= 0.3 is 5.97 Å². The van der Waals surface area contributed by atoms with E-state index < -0.39 is 21.9 Å². The van der Waals surface area contributed by atoms with Crippen molar-refractivity contribution in [1.82, 2.24) is 9.21 Å². The molecule has 1 N–H and O–H groups in total. The Bertz CT molecular complexity index is 1480. The number of hydrogen-bond acceptors (Lipinski definition) is 7. The molecule has 0 aliphatic carbocycles. The van der Waals surface area contributed by atoms with Crippen LogP contribution in [0.5, 0.6) is 0 Å². The molecule has 8 nitrogen and oxygen atoms in total. The minimum Gasteiger partial charge on any atom is -0.465 e. The van der Waals surface area contributed by atoms with Crippen LogP contribution in [0.2, 0.25) is 0 Å². The molecule has 0 spiro atoms. The van der Waals surface area contributed by atoms with Crippen LogP contribution in [-0.2, 0) is 34.3 Å². The molecular formula is C30H35N3O5S2. The summed E-state index contributed by atoms with van der Waals surface area (Å²) in [4.78, 5) is 29.5. The third kappa shape index (κ3) is 6.00. The molecule has 1 fully saturated rings. The van der Waals surface area contributed by atoms with Gasteiger partial charge < -0.3 is 10.1 Å². The lowest BCUT2D eigenvalue weighted by molar-refractivity contribution is 0.0600. The molecule has 3 heterocycles. The van der Waals surface area contributed by atoms with E-state index in [1.807, 2.05) is 18.2 Å². The average molecular weight is 582 g/mol. The highest BCUT2D eigenvalue weighted by Gasteiger charge is 2.32. The minimum absolute atomic E-state index is 0.172. The molecule has 212 valence electrons. The normalized spacial score (nSPS) is 20.1. The smallest absolute Gasteiger partial charge is 0.341 e. The van der Waals surface area contributed by atoms with Gasteiger partial charge in [-0.1, -0.05) is 44.2 Å². The van der Waals surface area contributed by atoms with E-state index in [4.69, 9.17) is 4.74 Å². The highest BCUT2D eigenvalue weighted by molar-refractivity contribution is 7.89. The minimum atomic E-state index is -3.64. The van der Waals surface area contributed by atoms with Gasteiger partial charge in [0, 0.05) is 43.2 Å². The standard InChI is InChI=1S/C30H35N3O5S2/c1-20-15-21(2)17-33(16-20)40(36,37)24-11-9-23(10-12-24)28(34)31-29-27(30(35)38-3)25-13-14-32(19-26(25)39-29)18-22-7-5-4-6-8-22/h4-12,20-21H,13-19H2,1-3H3,(H,31,34). The van der Waals surface area contributed by atoms with Gasteiger partial charge in [-0.05, 0) is 60.1 Å². The van der Waals surface area contributed by atoms with E-state index in [9.17, 15) is 18.0 Å². The molecule has 2 unspecified atom stereocenters. The van der Waals surface area contributed by atoms with Gasteiger partial charge in [0.2, 0.25) is 10.0 Å². The van der Waals surface area contributed by atoms with Gasteiger partial charge in [0.05, 0.1) is 17.6 Å². The number of nitrogens with one attached hydrogen (secondary N) is 1. The van der Waals surface area contributed by atoms with Crippen molar-refractivity contribution in [2.75, 3.05) is 32.1 Å². The number of methoxy groups -OCH3 is 1. The molecule has 0 bridgehead atoms. The summed E-state index contributed by atoms with van der Waals surface area (Å²) < 4.78 is 33.1. The maximum Gasteiger partial charge on any atom is 0.341 e. The van der Waals surface area contributed by atoms with Crippen LogP contribution in [0.4, 0.5) is 5.00 Å². The van der Waals surface area contributed by atoms with Crippen LogP contribution < -0.4 is 5.32 Å². The van der Waals surface area contributed by atoms with E-state index in [0.717, 1.165) is 30.0 Å². The summed E-state index contributed by atoms with van der Waals surface area (Å²) in [5, 5.41) is 3.35. The first-order valence-electron chi connectivity index (χ1n) is 13.6. The van der Waals surface area contributed by atoms with E-state index in [1.54, 1.807) is 4.31 Å². The molecule has 2 aromatic carbocycles. The number of anilines is 1. The van der Waals surface area contributed by atoms with Crippen LogP contribution in [0.1, 0.15) is 57.0 Å². The first-order valence-corrected chi connectivity index (χ1v) is 15.8. The fraction of sp³-hybridized carbons (Fsp3) is 0.400. The molecule has 5 rings (SSSR count). The van der Waals surface area contributed by atoms with E-state index in [0.29, 0.717) is 54.0 Å². The molecule has 2 aliphatic heterocycles. The van der Waals surface area contributed by atoms with Crippen LogP contribution in [-0.4, -0.2) is 56.2 Å². The molecule has 1 saturated heterocycles. The maximum atomic E-state index is 13.2. The third-order valence-electron chi connectivity index (χ3n) is 7.59. The summed E-state index contributed by atoms with van der Waals surface area (Å²) in [5.41, 5.74) is 2.86. The number of carbonyl (C=O) groups is 2. The Hall–Kier alpha value is -3.05. The Kier molecular flexibility index (Phi) is 8.42. The fourth-order valence-corrected chi connectivity index (χ4v) is 8.70. The maximum absolute atomic E-state index is 13.2. The lowest BCUT2D eigenvalue weighted by Gasteiger charge is -2.34. The zero-order valence-electron chi connectivity index (χ0n) is 23.1. The molecular weight excluding hydrogens is 546 g/mol. The second-order valence-electron chi connectivity index (χ2n) is 10.9. The second kappa shape index (κ2) is 11.8. The molecule has 1 aromatic heterocycles. The molecule has 0 radical (unpaired) electrons. The SMILES string of the molecule is COC(=O)c1c(NC(=O)c2ccc(S(=O)(=O)N3CC(C)CC(C)C3)cc2)sc2c1CCN(Cc1ccccc1)C2. The van der Waals surface area contributed by atoms with Crippen molar-refractivity contribution >= 4 is 38.2 Å². The number of amides is 1. The Morgan fingerprint density at radius 1 is 1.02 bits per heavy atom. The lowest BCUT2D eigenvalue weighted by Crippen LogP contribution is -2.42. The van der Waals surface area contributed by atoms with Crippen LogP contribution in [0, 0.1) is 11.8 Å². The largest absolute Gasteiger partial charge is 0.465 e. The number of hydrogen-bond donors (Lipinski definition) is 1. The van der Waals surface area contributed by atoms with E-state index in [1.165, 1.54) is 48.3 Å². The monoisotopic (exact) mass is 581 g/mol. The van der Waals surface area contributed by atoms with Gasteiger partial charge in [-0.25, -0.2) is 13.2 Å². The highest BCUT2D eigenvalue weighted by atomic mass is 32.2. The Labute approximate surface area is 240 Å². The number of carbonyl (C=O) groups excluding carboxylic acids is 2. The topological polar surface area (TPSA) is 96.0 Å².